The van der Waals surface area contributed by atoms with Gasteiger partial charge in [0, 0.05) is 30.2 Å². The highest BCUT2D eigenvalue weighted by molar-refractivity contribution is 9.10. The van der Waals surface area contributed by atoms with E-state index in [4.69, 9.17) is 0 Å². The minimum Gasteiger partial charge on any atom is -0.353 e. The number of carbonyl (C=O) groups excluding carboxylic acids is 1. The number of fused-ring (bicyclic) bond motifs is 1. The van der Waals surface area contributed by atoms with Crippen molar-refractivity contribution in [2.75, 3.05) is 29.4 Å². The number of carbonyl (C=O) groups is 1. The Balaban J connectivity index is 1.43. The first kappa shape index (κ1) is 19.5. The van der Waals surface area contributed by atoms with E-state index in [0.29, 0.717) is 53.0 Å². The van der Waals surface area contributed by atoms with Gasteiger partial charge in [0.05, 0.1) is 29.7 Å². The zero-order valence-corrected chi connectivity index (χ0v) is 18.1. The second-order valence-electron chi connectivity index (χ2n) is 7.20. The molecule has 10 heteroatoms. The molecule has 1 atom stereocenters. The van der Waals surface area contributed by atoms with Gasteiger partial charge in [-0.05, 0) is 40.5 Å². The summed E-state index contributed by atoms with van der Waals surface area (Å²) in [5, 5.41) is 0.420. The van der Waals surface area contributed by atoms with Crippen molar-refractivity contribution in [1.82, 2.24) is 15.0 Å². The molecule has 1 saturated heterocycles. The number of halogens is 3. The molecule has 0 aliphatic carbocycles. The summed E-state index contributed by atoms with van der Waals surface area (Å²) in [6.45, 7) is 1.23. The van der Waals surface area contributed by atoms with Crippen molar-refractivity contribution >= 4 is 44.7 Å². The monoisotopic (exact) mass is 491 g/mol. The lowest BCUT2D eigenvalue weighted by molar-refractivity contribution is 0.0984. The zero-order chi connectivity index (χ0) is 20.8. The van der Waals surface area contributed by atoms with Gasteiger partial charge in [-0.2, -0.15) is 4.39 Å². The van der Waals surface area contributed by atoms with Gasteiger partial charge in [-0.3, -0.25) is 9.78 Å². The van der Waals surface area contributed by atoms with Crippen molar-refractivity contribution in [3.63, 3.8) is 0 Å². The maximum Gasteiger partial charge on any atom is 0.270 e. The molecule has 0 spiro atoms. The maximum atomic E-state index is 14.8. The first-order valence-corrected chi connectivity index (χ1v) is 11.1. The van der Waals surface area contributed by atoms with Crippen molar-refractivity contribution in [3.8, 4) is 10.6 Å². The Labute approximate surface area is 183 Å². The number of alkyl halides is 1. The largest absolute Gasteiger partial charge is 0.353 e. The maximum absolute atomic E-state index is 14.8. The highest BCUT2D eigenvalue weighted by Gasteiger charge is 2.31. The molecule has 5 rings (SSSR count). The molecule has 3 aromatic rings. The number of amides is 1. The van der Waals surface area contributed by atoms with E-state index >= 15 is 0 Å². The molecule has 0 aromatic carbocycles. The van der Waals surface area contributed by atoms with Gasteiger partial charge in [-0.25, -0.2) is 14.4 Å². The summed E-state index contributed by atoms with van der Waals surface area (Å²) >= 11 is 4.54. The van der Waals surface area contributed by atoms with Crippen LogP contribution in [0.4, 0.5) is 20.3 Å². The Morgan fingerprint density at radius 1 is 1.20 bits per heavy atom. The zero-order valence-electron chi connectivity index (χ0n) is 15.7. The van der Waals surface area contributed by atoms with Gasteiger partial charge in [-0.1, -0.05) is 0 Å². The van der Waals surface area contributed by atoms with Crippen LogP contribution in [-0.4, -0.2) is 46.7 Å². The number of hydrogen-bond acceptors (Lipinski definition) is 6. The van der Waals surface area contributed by atoms with E-state index in [-0.39, 0.29) is 18.0 Å². The summed E-state index contributed by atoms with van der Waals surface area (Å²) in [6.07, 6.45) is 3.38. The van der Waals surface area contributed by atoms with Gasteiger partial charge < -0.3 is 9.80 Å². The summed E-state index contributed by atoms with van der Waals surface area (Å²) in [7, 11) is 0. The van der Waals surface area contributed by atoms with Crippen LogP contribution in [0.3, 0.4) is 0 Å². The van der Waals surface area contributed by atoms with Crippen molar-refractivity contribution in [2.45, 2.75) is 19.0 Å². The molecular formula is C20H16BrF2N5OS. The summed E-state index contributed by atoms with van der Waals surface area (Å²) in [5.74, 6) is -0.417. The molecule has 5 heterocycles. The van der Waals surface area contributed by atoms with Gasteiger partial charge in [0.1, 0.15) is 21.9 Å². The molecule has 0 radical (unpaired) electrons. The van der Waals surface area contributed by atoms with Crippen LogP contribution in [-0.2, 0) is 6.42 Å². The van der Waals surface area contributed by atoms with Crippen molar-refractivity contribution in [1.29, 1.82) is 0 Å². The third-order valence-corrected chi connectivity index (χ3v) is 6.78. The molecule has 6 nitrogen and oxygen atoms in total. The number of thiazole rings is 1. The topological polar surface area (TPSA) is 62.2 Å². The third-order valence-electron chi connectivity index (χ3n) is 5.23. The minimum atomic E-state index is -0.908. The number of aromatic nitrogens is 3. The fourth-order valence-electron chi connectivity index (χ4n) is 3.73. The van der Waals surface area contributed by atoms with Crippen LogP contribution in [0, 0.1) is 5.95 Å². The predicted molar refractivity (Wildman–Crippen MR) is 114 cm³/mol. The molecule has 2 aliphatic rings. The normalized spacial score (nSPS) is 18.8. The van der Waals surface area contributed by atoms with Crippen LogP contribution >= 0.6 is 27.3 Å². The lowest BCUT2D eigenvalue weighted by Crippen LogP contribution is -2.37. The van der Waals surface area contributed by atoms with E-state index in [9.17, 15) is 13.6 Å². The molecule has 2 aliphatic heterocycles. The number of pyridine rings is 2. The molecule has 1 fully saturated rings. The second-order valence-corrected chi connectivity index (χ2v) is 9.12. The minimum absolute atomic E-state index is 0.170. The average molecular weight is 492 g/mol. The summed E-state index contributed by atoms with van der Waals surface area (Å²) < 4.78 is 29.0. The quantitative estimate of drug-likeness (QED) is 0.512. The molecule has 1 unspecified atom stereocenters. The first-order chi connectivity index (χ1) is 14.5. The molecule has 1 amide bonds. The van der Waals surface area contributed by atoms with E-state index in [1.165, 1.54) is 0 Å². The molecular weight excluding hydrogens is 476 g/mol. The molecule has 30 heavy (non-hydrogen) atoms. The van der Waals surface area contributed by atoms with Gasteiger partial charge in [0.15, 0.2) is 0 Å². The van der Waals surface area contributed by atoms with Gasteiger partial charge in [0.2, 0.25) is 5.95 Å². The van der Waals surface area contributed by atoms with Gasteiger partial charge in [-0.15, -0.1) is 11.3 Å². The number of nitrogens with zero attached hydrogens (tertiary/aromatic N) is 5. The van der Waals surface area contributed by atoms with Crippen LogP contribution in [0.5, 0.6) is 0 Å². The van der Waals surface area contributed by atoms with Crippen LogP contribution < -0.4 is 9.80 Å². The number of hydrogen-bond donors (Lipinski definition) is 0. The smallest absolute Gasteiger partial charge is 0.270 e. The van der Waals surface area contributed by atoms with Crippen LogP contribution in [0.15, 0.2) is 35.1 Å². The molecule has 154 valence electrons. The summed E-state index contributed by atoms with van der Waals surface area (Å²) in [6, 6.07) is 5.12. The van der Waals surface area contributed by atoms with Gasteiger partial charge >= 0.3 is 0 Å². The van der Waals surface area contributed by atoms with E-state index < -0.39 is 12.1 Å². The van der Waals surface area contributed by atoms with E-state index in [1.807, 2.05) is 6.07 Å². The fourth-order valence-corrected chi connectivity index (χ4v) is 5.15. The Bertz CT molecular complexity index is 1140. The lowest BCUT2D eigenvalue weighted by atomic mass is 10.1. The SMILES string of the molecule is O=C1c2sc(-c3ccc(N4CCC(F)C4)nc3F)nc2CCN1c1cncc(Br)c1. The standard InChI is InChI=1S/C20H16BrF2N5OS/c21-11-7-13(9-24-8-11)28-6-4-15-17(20(28)29)30-19(25-15)14-1-2-16(26-18(14)23)27-5-3-12(22)10-27/h1-2,7-9,12H,3-6,10H2. The molecule has 3 aromatic heterocycles. The van der Waals surface area contributed by atoms with Crippen LogP contribution in [0.25, 0.3) is 10.6 Å². The van der Waals surface area contributed by atoms with E-state index in [1.54, 1.807) is 34.3 Å². The van der Waals surface area contributed by atoms with Crippen LogP contribution in [0.1, 0.15) is 21.8 Å². The molecule has 0 N–H and O–H groups in total. The van der Waals surface area contributed by atoms with Crippen molar-refractivity contribution in [2.24, 2.45) is 0 Å². The predicted octanol–water partition coefficient (Wildman–Crippen LogP) is 4.25. The highest BCUT2D eigenvalue weighted by atomic mass is 79.9. The van der Waals surface area contributed by atoms with E-state index in [2.05, 4.69) is 30.9 Å². The number of rotatable bonds is 3. The Kier molecular flexibility index (Phi) is 4.98. The molecule has 0 saturated carbocycles. The molecule has 0 bridgehead atoms. The summed E-state index contributed by atoms with van der Waals surface area (Å²) in [5.41, 5.74) is 1.61. The lowest BCUT2D eigenvalue weighted by Gasteiger charge is -2.25. The van der Waals surface area contributed by atoms with Crippen molar-refractivity contribution < 1.29 is 13.6 Å². The Hall–Kier alpha value is -2.46. The van der Waals surface area contributed by atoms with Crippen LogP contribution in [0.2, 0.25) is 0 Å². The third kappa shape index (κ3) is 3.47. The second kappa shape index (κ2) is 7.66. The van der Waals surface area contributed by atoms with Crippen molar-refractivity contribution in [3.05, 3.63) is 51.6 Å². The highest BCUT2D eigenvalue weighted by Crippen LogP contribution is 2.35. The summed E-state index contributed by atoms with van der Waals surface area (Å²) in [4.78, 5) is 29.6. The Morgan fingerprint density at radius 3 is 2.80 bits per heavy atom. The van der Waals surface area contributed by atoms with E-state index in [0.717, 1.165) is 15.8 Å². The first-order valence-electron chi connectivity index (χ1n) is 9.47. The fraction of sp³-hybridized carbons (Fsp3) is 0.300. The number of anilines is 2. The van der Waals surface area contributed by atoms with Gasteiger partial charge in [0.25, 0.3) is 5.91 Å². The Morgan fingerprint density at radius 2 is 2.07 bits per heavy atom. The average Bonchev–Trinajstić information content (AvgIpc) is 3.35.